The molecule has 0 bridgehead atoms. The molecular formula is C13H18N4O2. The highest BCUT2D eigenvalue weighted by atomic mass is 16.5. The number of hydrogen-bond acceptors (Lipinski definition) is 5. The van der Waals surface area contributed by atoms with E-state index in [9.17, 15) is 0 Å². The van der Waals surface area contributed by atoms with Crippen molar-refractivity contribution < 1.29 is 9.47 Å². The van der Waals surface area contributed by atoms with Crippen molar-refractivity contribution in [3.8, 4) is 6.01 Å². The number of aromatic nitrogens is 3. The summed E-state index contributed by atoms with van der Waals surface area (Å²) in [5, 5.41) is 3.46. The molecule has 102 valence electrons. The number of fused-ring (bicyclic) bond motifs is 1. The summed E-state index contributed by atoms with van der Waals surface area (Å²) in [6, 6.07) is 0.589. The largest absolute Gasteiger partial charge is 0.467 e. The first-order valence-corrected chi connectivity index (χ1v) is 6.39. The van der Waals surface area contributed by atoms with E-state index in [0.717, 1.165) is 35.4 Å². The number of aryl methyl sites for hydroxylation is 2. The van der Waals surface area contributed by atoms with E-state index < -0.39 is 0 Å². The summed E-state index contributed by atoms with van der Waals surface area (Å²) in [5.41, 5.74) is 4.05. The fraction of sp³-hybridized carbons (Fsp3) is 0.538. The molecule has 3 heterocycles. The second-order valence-electron chi connectivity index (χ2n) is 4.77. The highest BCUT2D eigenvalue weighted by Crippen LogP contribution is 2.28. The zero-order valence-corrected chi connectivity index (χ0v) is 11.4. The average molecular weight is 262 g/mol. The van der Waals surface area contributed by atoms with Gasteiger partial charge in [-0.1, -0.05) is 0 Å². The van der Waals surface area contributed by atoms with Crippen molar-refractivity contribution in [2.45, 2.75) is 13.0 Å². The lowest BCUT2D eigenvalue weighted by molar-refractivity contribution is 0.0772. The lowest BCUT2D eigenvalue weighted by atomic mass is 10.1. The third-order valence-corrected chi connectivity index (χ3v) is 3.48. The van der Waals surface area contributed by atoms with Gasteiger partial charge in [0.1, 0.15) is 5.52 Å². The molecule has 1 unspecified atom stereocenters. The highest BCUT2D eigenvalue weighted by Gasteiger charge is 2.22. The Morgan fingerprint density at radius 1 is 1.47 bits per heavy atom. The monoisotopic (exact) mass is 262 g/mol. The van der Waals surface area contributed by atoms with Crippen LogP contribution >= 0.6 is 0 Å². The van der Waals surface area contributed by atoms with Crippen LogP contribution in [0.1, 0.15) is 17.3 Å². The Morgan fingerprint density at radius 3 is 3.00 bits per heavy atom. The maximum absolute atomic E-state index is 5.54. The zero-order chi connectivity index (χ0) is 13.4. The molecule has 1 N–H and O–H groups in total. The van der Waals surface area contributed by atoms with Gasteiger partial charge >= 0.3 is 6.01 Å². The standard InChI is InChI=1S/C13H18N4O2/c1-8-12-11(16-13(15-8)18-3)9(6-17(12)2)10-7-19-5-4-14-10/h6,10,14H,4-5,7H2,1-3H3. The molecule has 6 heteroatoms. The van der Waals surface area contributed by atoms with Crippen LogP contribution in [0.2, 0.25) is 0 Å². The van der Waals surface area contributed by atoms with E-state index in [2.05, 4.69) is 26.0 Å². The molecular weight excluding hydrogens is 244 g/mol. The lowest BCUT2D eigenvalue weighted by Crippen LogP contribution is -2.34. The van der Waals surface area contributed by atoms with E-state index in [0.29, 0.717) is 12.6 Å². The van der Waals surface area contributed by atoms with Gasteiger partial charge in [-0.25, -0.2) is 0 Å². The predicted molar refractivity (Wildman–Crippen MR) is 71.4 cm³/mol. The van der Waals surface area contributed by atoms with Crippen LogP contribution in [0.3, 0.4) is 0 Å². The minimum Gasteiger partial charge on any atom is -0.467 e. The number of nitrogens with zero attached hydrogens (tertiary/aromatic N) is 3. The molecule has 0 aromatic carbocycles. The fourth-order valence-corrected chi connectivity index (χ4v) is 2.61. The van der Waals surface area contributed by atoms with E-state index in [1.165, 1.54) is 0 Å². The van der Waals surface area contributed by atoms with Gasteiger partial charge in [0, 0.05) is 25.4 Å². The summed E-state index contributed by atoms with van der Waals surface area (Å²) in [7, 11) is 3.60. The van der Waals surface area contributed by atoms with Gasteiger partial charge in [-0.2, -0.15) is 9.97 Å². The van der Waals surface area contributed by atoms with Crippen molar-refractivity contribution in [3.63, 3.8) is 0 Å². The molecule has 3 rings (SSSR count). The first-order valence-electron chi connectivity index (χ1n) is 6.39. The predicted octanol–water partition coefficient (Wildman–Crippen LogP) is 0.946. The molecule has 19 heavy (non-hydrogen) atoms. The van der Waals surface area contributed by atoms with Crippen LogP contribution in [0.4, 0.5) is 0 Å². The van der Waals surface area contributed by atoms with Gasteiger partial charge in [0.05, 0.1) is 37.6 Å². The molecule has 0 saturated carbocycles. The Kier molecular flexibility index (Phi) is 3.12. The Morgan fingerprint density at radius 2 is 2.32 bits per heavy atom. The van der Waals surface area contributed by atoms with Gasteiger partial charge in [-0.05, 0) is 6.92 Å². The molecule has 2 aromatic rings. The van der Waals surface area contributed by atoms with E-state index in [1.807, 2.05) is 14.0 Å². The van der Waals surface area contributed by atoms with Crippen molar-refractivity contribution in [1.29, 1.82) is 0 Å². The normalized spacial score (nSPS) is 19.8. The van der Waals surface area contributed by atoms with Gasteiger partial charge in [0.2, 0.25) is 0 Å². The second-order valence-corrected chi connectivity index (χ2v) is 4.77. The number of rotatable bonds is 2. The number of nitrogens with one attached hydrogen (secondary N) is 1. The van der Waals surface area contributed by atoms with Crippen LogP contribution in [0, 0.1) is 6.92 Å². The minimum absolute atomic E-state index is 0.177. The van der Waals surface area contributed by atoms with Crippen molar-refractivity contribution in [1.82, 2.24) is 19.9 Å². The van der Waals surface area contributed by atoms with Crippen LogP contribution in [-0.4, -0.2) is 41.4 Å². The van der Waals surface area contributed by atoms with Crippen molar-refractivity contribution in [2.75, 3.05) is 26.9 Å². The Balaban J connectivity index is 2.16. The Hall–Kier alpha value is -1.66. The first-order chi connectivity index (χ1) is 9.20. The number of hydrogen-bond donors (Lipinski definition) is 1. The van der Waals surface area contributed by atoms with Crippen molar-refractivity contribution >= 4 is 11.0 Å². The van der Waals surface area contributed by atoms with Gasteiger partial charge in [0.25, 0.3) is 0 Å². The molecule has 1 atom stereocenters. The Labute approximate surface area is 111 Å². The molecule has 1 saturated heterocycles. The first kappa shape index (κ1) is 12.4. The molecule has 0 amide bonds. The summed E-state index contributed by atoms with van der Waals surface area (Å²) in [6.45, 7) is 4.27. The van der Waals surface area contributed by atoms with Crippen molar-refractivity contribution in [3.05, 3.63) is 17.5 Å². The third kappa shape index (κ3) is 2.06. The fourth-order valence-electron chi connectivity index (χ4n) is 2.61. The summed E-state index contributed by atoms with van der Waals surface area (Å²) in [5.74, 6) is 0. The third-order valence-electron chi connectivity index (χ3n) is 3.48. The molecule has 0 radical (unpaired) electrons. The molecule has 1 fully saturated rings. The maximum Gasteiger partial charge on any atom is 0.317 e. The SMILES string of the molecule is COc1nc(C)c2c(n1)c(C1COCCN1)cn2C. The van der Waals surface area contributed by atoms with Gasteiger partial charge in [-0.3, -0.25) is 0 Å². The van der Waals surface area contributed by atoms with Crippen LogP contribution in [0.5, 0.6) is 6.01 Å². The van der Waals surface area contributed by atoms with E-state index in [4.69, 9.17) is 9.47 Å². The van der Waals surface area contributed by atoms with Gasteiger partial charge in [-0.15, -0.1) is 0 Å². The highest BCUT2D eigenvalue weighted by molar-refractivity contribution is 5.82. The van der Waals surface area contributed by atoms with Crippen LogP contribution < -0.4 is 10.1 Å². The van der Waals surface area contributed by atoms with Crippen LogP contribution in [-0.2, 0) is 11.8 Å². The van der Waals surface area contributed by atoms with Crippen molar-refractivity contribution in [2.24, 2.45) is 7.05 Å². The average Bonchev–Trinajstić information content (AvgIpc) is 2.77. The number of methoxy groups -OCH3 is 1. The number of ether oxygens (including phenoxy) is 2. The molecule has 1 aliphatic rings. The summed E-state index contributed by atoms with van der Waals surface area (Å²) >= 11 is 0. The quantitative estimate of drug-likeness (QED) is 0.873. The summed E-state index contributed by atoms with van der Waals surface area (Å²) in [6.07, 6.45) is 2.10. The summed E-state index contributed by atoms with van der Waals surface area (Å²) in [4.78, 5) is 8.83. The second kappa shape index (κ2) is 4.79. The lowest BCUT2D eigenvalue weighted by Gasteiger charge is -2.23. The van der Waals surface area contributed by atoms with Gasteiger partial charge < -0.3 is 19.4 Å². The van der Waals surface area contributed by atoms with E-state index in [1.54, 1.807) is 7.11 Å². The van der Waals surface area contributed by atoms with E-state index in [-0.39, 0.29) is 6.04 Å². The smallest absolute Gasteiger partial charge is 0.317 e. The minimum atomic E-state index is 0.177. The zero-order valence-electron chi connectivity index (χ0n) is 11.4. The van der Waals surface area contributed by atoms with Crippen LogP contribution in [0.25, 0.3) is 11.0 Å². The molecule has 6 nitrogen and oxygen atoms in total. The maximum atomic E-state index is 5.54. The van der Waals surface area contributed by atoms with E-state index >= 15 is 0 Å². The molecule has 2 aromatic heterocycles. The van der Waals surface area contributed by atoms with Gasteiger partial charge in [0.15, 0.2) is 0 Å². The Bertz CT molecular complexity index is 602. The topological polar surface area (TPSA) is 61.2 Å². The molecule has 0 spiro atoms. The molecule has 0 aliphatic carbocycles. The molecule has 1 aliphatic heterocycles. The van der Waals surface area contributed by atoms with Crippen LogP contribution in [0.15, 0.2) is 6.20 Å². The number of morpholine rings is 1. The summed E-state index contributed by atoms with van der Waals surface area (Å²) < 4.78 is 12.8.